The van der Waals surface area contributed by atoms with Gasteiger partial charge >= 0.3 is 6.09 Å². The fraction of sp³-hybridized carbons (Fsp3) is 0.158. The summed E-state index contributed by atoms with van der Waals surface area (Å²) >= 11 is 12.0. The van der Waals surface area contributed by atoms with Crippen LogP contribution >= 0.6 is 23.2 Å². The molecule has 2 amide bonds. The van der Waals surface area contributed by atoms with E-state index in [0.717, 1.165) is 0 Å². The molecule has 142 valence electrons. The van der Waals surface area contributed by atoms with E-state index in [-0.39, 0.29) is 12.5 Å². The van der Waals surface area contributed by atoms with E-state index < -0.39 is 6.09 Å². The van der Waals surface area contributed by atoms with Gasteiger partial charge in [-0.2, -0.15) is 0 Å². The molecular weight excluding hydrogens is 391 g/mol. The largest absolute Gasteiger partial charge is 0.447 e. The highest BCUT2D eigenvalue weighted by molar-refractivity contribution is 6.34. The van der Waals surface area contributed by atoms with E-state index in [1.807, 2.05) is 0 Å². The third-order valence-corrected chi connectivity index (χ3v) is 3.85. The average molecular weight is 409 g/mol. The van der Waals surface area contributed by atoms with Crippen molar-refractivity contribution in [1.82, 2.24) is 0 Å². The Morgan fingerprint density at radius 1 is 1.04 bits per heavy atom. The minimum absolute atomic E-state index is 0.148. The fourth-order valence-electron chi connectivity index (χ4n) is 2.04. The lowest BCUT2D eigenvalue weighted by molar-refractivity contribution is -0.111. The molecule has 0 aliphatic heterocycles. The zero-order valence-electron chi connectivity index (χ0n) is 14.5. The van der Waals surface area contributed by atoms with Gasteiger partial charge in [0.25, 0.3) is 0 Å². The van der Waals surface area contributed by atoms with Crippen molar-refractivity contribution >= 4 is 52.7 Å². The Morgan fingerprint density at radius 2 is 1.78 bits per heavy atom. The molecule has 0 bridgehead atoms. The van der Waals surface area contributed by atoms with Crippen molar-refractivity contribution in [3.8, 4) is 0 Å². The molecule has 0 saturated heterocycles. The number of halogens is 2. The summed E-state index contributed by atoms with van der Waals surface area (Å²) in [6.07, 6.45) is 2.31. The quantitative estimate of drug-likeness (QED) is 0.507. The second-order valence-corrected chi connectivity index (χ2v) is 6.17. The molecule has 0 saturated carbocycles. The first kappa shape index (κ1) is 20.8. The van der Waals surface area contributed by atoms with Gasteiger partial charge in [-0.25, -0.2) is 4.79 Å². The van der Waals surface area contributed by atoms with Crippen LogP contribution in [0.2, 0.25) is 10.0 Å². The number of hydrogen-bond acceptors (Lipinski definition) is 4. The second kappa shape index (κ2) is 10.6. The summed E-state index contributed by atoms with van der Waals surface area (Å²) in [6.45, 7) is 0.460. The monoisotopic (exact) mass is 408 g/mol. The van der Waals surface area contributed by atoms with Crippen molar-refractivity contribution in [1.29, 1.82) is 0 Å². The molecule has 2 aromatic carbocycles. The molecular formula is C19H18Cl2N2O4. The van der Waals surface area contributed by atoms with E-state index in [1.54, 1.807) is 48.5 Å². The molecule has 0 radical (unpaired) electrons. The molecule has 2 N–H and O–H groups in total. The van der Waals surface area contributed by atoms with E-state index in [2.05, 4.69) is 10.6 Å². The van der Waals surface area contributed by atoms with Crippen molar-refractivity contribution in [2.24, 2.45) is 0 Å². The van der Waals surface area contributed by atoms with Gasteiger partial charge in [0, 0.05) is 34.6 Å². The van der Waals surface area contributed by atoms with Crippen LogP contribution in [-0.2, 0) is 14.3 Å². The Hall–Kier alpha value is -2.54. The second-order valence-electron chi connectivity index (χ2n) is 5.32. The SMILES string of the molecule is COCCOC(=O)Nc1cccc(NC(=O)C=Cc2cc(Cl)ccc2Cl)c1. The Balaban J connectivity index is 1.95. The molecule has 6 nitrogen and oxygen atoms in total. The van der Waals surface area contributed by atoms with Gasteiger partial charge in [0.05, 0.1) is 6.61 Å². The third-order valence-electron chi connectivity index (χ3n) is 3.27. The number of rotatable bonds is 7. The van der Waals surface area contributed by atoms with Crippen molar-refractivity contribution in [3.05, 3.63) is 64.1 Å². The lowest BCUT2D eigenvalue weighted by Gasteiger charge is -2.08. The normalized spacial score (nSPS) is 10.6. The van der Waals surface area contributed by atoms with E-state index in [0.29, 0.717) is 33.6 Å². The van der Waals surface area contributed by atoms with Crippen LogP contribution < -0.4 is 10.6 Å². The highest BCUT2D eigenvalue weighted by atomic mass is 35.5. The highest BCUT2D eigenvalue weighted by Gasteiger charge is 2.05. The minimum atomic E-state index is -0.606. The van der Waals surface area contributed by atoms with Gasteiger partial charge in [-0.3, -0.25) is 10.1 Å². The van der Waals surface area contributed by atoms with Crippen molar-refractivity contribution in [3.63, 3.8) is 0 Å². The van der Waals surface area contributed by atoms with Crippen molar-refractivity contribution in [2.75, 3.05) is 31.0 Å². The predicted molar refractivity (Wildman–Crippen MR) is 107 cm³/mol. The highest BCUT2D eigenvalue weighted by Crippen LogP contribution is 2.22. The smallest absolute Gasteiger partial charge is 0.411 e. The first-order chi connectivity index (χ1) is 13.0. The summed E-state index contributed by atoms with van der Waals surface area (Å²) < 4.78 is 9.72. The van der Waals surface area contributed by atoms with Gasteiger partial charge in [-0.15, -0.1) is 0 Å². The van der Waals surface area contributed by atoms with E-state index in [1.165, 1.54) is 13.2 Å². The zero-order chi connectivity index (χ0) is 19.6. The number of benzene rings is 2. The van der Waals surface area contributed by atoms with E-state index in [4.69, 9.17) is 32.7 Å². The third kappa shape index (κ3) is 7.30. The Morgan fingerprint density at radius 3 is 2.52 bits per heavy atom. The summed E-state index contributed by atoms with van der Waals surface area (Å²) in [7, 11) is 1.52. The number of nitrogens with one attached hydrogen (secondary N) is 2. The van der Waals surface area contributed by atoms with Gasteiger partial charge in [0.1, 0.15) is 6.61 Å². The van der Waals surface area contributed by atoms with Gasteiger partial charge in [-0.05, 0) is 48.0 Å². The molecule has 0 fully saturated rings. The van der Waals surface area contributed by atoms with Gasteiger partial charge in [0.2, 0.25) is 5.91 Å². The number of hydrogen-bond donors (Lipinski definition) is 2. The summed E-state index contributed by atoms with van der Waals surface area (Å²) in [5, 5.41) is 6.28. The summed E-state index contributed by atoms with van der Waals surface area (Å²) in [6, 6.07) is 11.7. The van der Waals surface area contributed by atoms with Gasteiger partial charge in [-0.1, -0.05) is 29.3 Å². The molecule has 0 atom stereocenters. The molecule has 0 aliphatic rings. The van der Waals surface area contributed by atoms with Gasteiger partial charge < -0.3 is 14.8 Å². The first-order valence-electron chi connectivity index (χ1n) is 7.95. The summed E-state index contributed by atoms with van der Waals surface area (Å²) in [4.78, 5) is 23.7. The van der Waals surface area contributed by atoms with Crippen LogP contribution in [0.15, 0.2) is 48.5 Å². The molecule has 0 heterocycles. The number of carbonyl (C=O) groups excluding carboxylic acids is 2. The molecule has 2 aromatic rings. The van der Waals surface area contributed by atoms with Crippen LogP contribution in [0.3, 0.4) is 0 Å². The van der Waals surface area contributed by atoms with Crippen LogP contribution in [0.5, 0.6) is 0 Å². The van der Waals surface area contributed by atoms with Crippen LogP contribution in [0.1, 0.15) is 5.56 Å². The first-order valence-corrected chi connectivity index (χ1v) is 8.70. The molecule has 0 unspecified atom stereocenters. The summed E-state index contributed by atoms with van der Waals surface area (Å²) in [5.74, 6) is -0.356. The Kier molecular flexibility index (Phi) is 8.13. The van der Waals surface area contributed by atoms with Crippen LogP contribution in [0, 0.1) is 0 Å². The van der Waals surface area contributed by atoms with Crippen LogP contribution in [-0.4, -0.2) is 32.3 Å². The molecule has 27 heavy (non-hydrogen) atoms. The molecule has 0 aliphatic carbocycles. The fourth-order valence-corrected chi connectivity index (χ4v) is 2.40. The summed E-state index contributed by atoms with van der Waals surface area (Å²) in [5.41, 5.74) is 1.63. The molecule has 0 spiro atoms. The van der Waals surface area contributed by atoms with Crippen molar-refractivity contribution < 1.29 is 19.1 Å². The number of carbonyl (C=O) groups is 2. The van der Waals surface area contributed by atoms with Crippen molar-refractivity contribution in [2.45, 2.75) is 0 Å². The number of amides is 2. The predicted octanol–water partition coefficient (Wildman–Crippen LogP) is 4.84. The lowest BCUT2D eigenvalue weighted by atomic mass is 10.2. The number of anilines is 2. The zero-order valence-corrected chi connectivity index (χ0v) is 16.0. The molecule has 8 heteroatoms. The maximum atomic E-state index is 12.1. The van der Waals surface area contributed by atoms with Crippen LogP contribution in [0.4, 0.5) is 16.2 Å². The standard InChI is InChI=1S/C19H18Cl2N2O4/c1-26-9-10-27-19(25)23-16-4-2-3-15(12-16)22-18(24)8-5-13-11-14(20)6-7-17(13)21/h2-8,11-12H,9-10H2,1H3,(H,22,24)(H,23,25). The maximum Gasteiger partial charge on any atom is 0.411 e. The van der Waals surface area contributed by atoms with Crippen LogP contribution in [0.25, 0.3) is 6.08 Å². The molecule has 2 rings (SSSR count). The Labute approximate surface area is 167 Å². The lowest BCUT2D eigenvalue weighted by Crippen LogP contribution is -2.16. The number of ether oxygens (including phenoxy) is 2. The minimum Gasteiger partial charge on any atom is -0.447 e. The average Bonchev–Trinajstić information content (AvgIpc) is 2.63. The topological polar surface area (TPSA) is 76.7 Å². The Bertz CT molecular complexity index is 840. The van der Waals surface area contributed by atoms with E-state index >= 15 is 0 Å². The van der Waals surface area contributed by atoms with E-state index in [9.17, 15) is 9.59 Å². The number of methoxy groups -OCH3 is 1. The van der Waals surface area contributed by atoms with Gasteiger partial charge in [0.15, 0.2) is 0 Å². The molecule has 0 aromatic heterocycles. The maximum absolute atomic E-state index is 12.1.